The number of rotatable bonds is 7. The van der Waals surface area contributed by atoms with Gasteiger partial charge in [-0.25, -0.2) is 4.39 Å². The second-order valence-electron chi connectivity index (χ2n) is 6.23. The quantitative estimate of drug-likeness (QED) is 0.708. The van der Waals surface area contributed by atoms with Crippen molar-refractivity contribution < 1.29 is 13.9 Å². The van der Waals surface area contributed by atoms with Crippen LogP contribution in [0.1, 0.15) is 11.6 Å². The first-order chi connectivity index (χ1) is 13.1. The normalized spacial score (nSPS) is 16.1. The van der Waals surface area contributed by atoms with Crippen molar-refractivity contribution in [1.29, 1.82) is 0 Å². The number of thioether (sulfide) groups is 1. The van der Waals surface area contributed by atoms with E-state index in [9.17, 15) is 9.18 Å². The minimum Gasteiger partial charge on any atom is -0.379 e. The number of ether oxygens (including phenoxy) is 1. The molecule has 4 nitrogen and oxygen atoms in total. The number of benzene rings is 2. The standard InChI is InChI=1S/C20H22ClFN2O2S/c21-18-4-2-1-3-17(18)19(24-9-11-26-12-10-24)13-23-20(25)14-27-16-7-5-15(22)6-8-16/h1-8,19H,9-14H2,(H,23,25). The van der Waals surface area contributed by atoms with E-state index in [1.807, 2.05) is 24.3 Å². The number of amides is 1. The summed E-state index contributed by atoms with van der Waals surface area (Å²) in [5, 5.41) is 3.71. The Morgan fingerprint density at radius 3 is 2.59 bits per heavy atom. The van der Waals surface area contributed by atoms with Gasteiger partial charge in [0, 0.05) is 29.6 Å². The number of hydrogen-bond donors (Lipinski definition) is 1. The van der Waals surface area contributed by atoms with E-state index in [0.717, 1.165) is 23.5 Å². The van der Waals surface area contributed by atoms with E-state index in [1.54, 1.807) is 12.1 Å². The number of nitrogens with one attached hydrogen (secondary N) is 1. The molecule has 1 saturated heterocycles. The van der Waals surface area contributed by atoms with E-state index in [0.29, 0.717) is 24.8 Å². The highest BCUT2D eigenvalue weighted by Gasteiger charge is 2.24. The van der Waals surface area contributed by atoms with Gasteiger partial charge in [-0.2, -0.15) is 0 Å². The van der Waals surface area contributed by atoms with Crippen molar-refractivity contribution in [2.24, 2.45) is 0 Å². The fraction of sp³-hybridized carbons (Fsp3) is 0.350. The van der Waals surface area contributed by atoms with Crippen molar-refractivity contribution in [3.8, 4) is 0 Å². The van der Waals surface area contributed by atoms with Crippen LogP contribution in [0.2, 0.25) is 5.02 Å². The molecule has 0 aromatic heterocycles. The number of halogens is 2. The molecule has 3 rings (SSSR count). The largest absolute Gasteiger partial charge is 0.379 e. The lowest BCUT2D eigenvalue weighted by Crippen LogP contribution is -2.44. The molecule has 2 aromatic carbocycles. The van der Waals surface area contributed by atoms with E-state index in [1.165, 1.54) is 23.9 Å². The Balaban J connectivity index is 1.59. The van der Waals surface area contributed by atoms with Gasteiger partial charge in [0.05, 0.1) is 25.0 Å². The van der Waals surface area contributed by atoms with Gasteiger partial charge in [-0.3, -0.25) is 9.69 Å². The molecule has 27 heavy (non-hydrogen) atoms. The zero-order valence-corrected chi connectivity index (χ0v) is 16.4. The highest BCUT2D eigenvalue weighted by molar-refractivity contribution is 8.00. The monoisotopic (exact) mass is 408 g/mol. The van der Waals surface area contributed by atoms with Gasteiger partial charge in [0.25, 0.3) is 0 Å². The maximum Gasteiger partial charge on any atom is 0.230 e. The summed E-state index contributed by atoms with van der Waals surface area (Å²) in [6.45, 7) is 3.43. The van der Waals surface area contributed by atoms with Crippen LogP contribution in [0.5, 0.6) is 0 Å². The molecule has 1 amide bonds. The van der Waals surface area contributed by atoms with Gasteiger partial charge in [-0.05, 0) is 35.9 Å². The highest BCUT2D eigenvalue weighted by Crippen LogP contribution is 2.28. The Hall–Kier alpha value is -1.60. The SMILES string of the molecule is O=C(CSc1ccc(F)cc1)NCC(c1ccccc1Cl)N1CCOCC1. The molecule has 0 aliphatic carbocycles. The summed E-state index contributed by atoms with van der Waals surface area (Å²) >= 11 is 7.79. The maximum absolute atomic E-state index is 13.0. The van der Waals surface area contributed by atoms with Crippen LogP contribution in [0, 0.1) is 5.82 Å². The summed E-state index contributed by atoms with van der Waals surface area (Å²) in [6, 6.07) is 13.9. The highest BCUT2D eigenvalue weighted by atomic mass is 35.5. The van der Waals surface area contributed by atoms with Gasteiger partial charge in [0.2, 0.25) is 5.91 Å². The molecule has 0 radical (unpaired) electrons. The molecule has 2 aromatic rings. The summed E-state index contributed by atoms with van der Waals surface area (Å²) in [5.74, 6) is -0.0594. The van der Waals surface area contributed by atoms with Crippen LogP contribution in [0.15, 0.2) is 53.4 Å². The van der Waals surface area contributed by atoms with Crippen molar-refractivity contribution in [3.05, 3.63) is 64.9 Å². The molecule has 0 spiro atoms. The molecular formula is C20H22ClFN2O2S. The van der Waals surface area contributed by atoms with E-state index >= 15 is 0 Å². The molecular weight excluding hydrogens is 387 g/mol. The number of hydrogen-bond acceptors (Lipinski definition) is 4. The summed E-state index contributed by atoms with van der Waals surface area (Å²) in [4.78, 5) is 15.5. The van der Waals surface area contributed by atoms with Gasteiger partial charge in [0.1, 0.15) is 5.82 Å². The maximum atomic E-state index is 13.0. The molecule has 1 heterocycles. The Morgan fingerprint density at radius 1 is 1.19 bits per heavy atom. The third-order valence-corrected chi connectivity index (χ3v) is 5.78. The van der Waals surface area contributed by atoms with Crippen molar-refractivity contribution >= 4 is 29.3 Å². The van der Waals surface area contributed by atoms with Crippen molar-refractivity contribution in [1.82, 2.24) is 10.2 Å². The molecule has 144 valence electrons. The van der Waals surface area contributed by atoms with Crippen LogP contribution in [-0.2, 0) is 9.53 Å². The molecule has 1 fully saturated rings. The molecule has 1 aliphatic rings. The summed E-state index contributed by atoms with van der Waals surface area (Å²) in [5.41, 5.74) is 1.01. The molecule has 1 aliphatic heterocycles. The third kappa shape index (κ3) is 5.94. The lowest BCUT2D eigenvalue weighted by Gasteiger charge is -2.35. The van der Waals surface area contributed by atoms with Crippen LogP contribution in [0.4, 0.5) is 4.39 Å². The van der Waals surface area contributed by atoms with Gasteiger partial charge in [0.15, 0.2) is 0 Å². The summed E-state index contributed by atoms with van der Waals surface area (Å²) < 4.78 is 18.4. The summed E-state index contributed by atoms with van der Waals surface area (Å²) in [7, 11) is 0. The van der Waals surface area contributed by atoms with E-state index in [2.05, 4.69) is 10.2 Å². The van der Waals surface area contributed by atoms with E-state index < -0.39 is 0 Å². The zero-order valence-electron chi connectivity index (χ0n) is 14.9. The molecule has 7 heteroatoms. The predicted octanol–water partition coefficient (Wildman–Crippen LogP) is 3.76. The van der Waals surface area contributed by atoms with E-state index in [-0.39, 0.29) is 23.5 Å². The zero-order chi connectivity index (χ0) is 19.1. The number of carbonyl (C=O) groups excluding carboxylic acids is 1. The molecule has 0 saturated carbocycles. The second-order valence-corrected chi connectivity index (χ2v) is 7.69. The average Bonchev–Trinajstić information content (AvgIpc) is 2.70. The van der Waals surface area contributed by atoms with Gasteiger partial charge in [-0.1, -0.05) is 29.8 Å². The number of morpholine rings is 1. The van der Waals surface area contributed by atoms with Gasteiger partial charge < -0.3 is 10.1 Å². The summed E-state index contributed by atoms with van der Waals surface area (Å²) in [6.07, 6.45) is 0. The Morgan fingerprint density at radius 2 is 1.89 bits per heavy atom. The fourth-order valence-electron chi connectivity index (χ4n) is 3.01. The average molecular weight is 409 g/mol. The number of nitrogens with zero attached hydrogens (tertiary/aromatic N) is 1. The smallest absolute Gasteiger partial charge is 0.230 e. The fourth-order valence-corrected chi connectivity index (χ4v) is 4.00. The van der Waals surface area contributed by atoms with Crippen molar-refractivity contribution in [2.75, 3.05) is 38.6 Å². The Bertz CT molecular complexity index is 754. The topological polar surface area (TPSA) is 41.6 Å². The minimum absolute atomic E-state index is 0.00220. The van der Waals surface area contributed by atoms with Crippen LogP contribution in [0.25, 0.3) is 0 Å². The Kier molecular flexibility index (Phi) is 7.52. The molecule has 0 bridgehead atoms. The van der Waals surface area contributed by atoms with Crippen molar-refractivity contribution in [3.63, 3.8) is 0 Å². The van der Waals surface area contributed by atoms with Crippen LogP contribution in [0.3, 0.4) is 0 Å². The second kappa shape index (κ2) is 10.1. The van der Waals surface area contributed by atoms with Crippen molar-refractivity contribution in [2.45, 2.75) is 10.9 Å². The lowest BCUT2D eigenvalue weighted by molar-refractivity contribution is -0.118. The first-order valence-electron chi connectivity index (χ1n) is 8.85. The third-order valence-electron chi connectivity index (χ3n) is 4.43. The molecule has 1 N–H and O–H groups in total. The van der Waals surface area contributed by atoms with Crippen LogP contribution >= 0.6 is 23.4 Å². The first-order valence-corrected chi connectivity index (χ1v) is 10.2. The lowest BCUT2D eigenvalue weighted by atomic mass is 10.0. The van der Waals surface area contributed by atoms with Gasteiger partial charge >= 0.3 is 0 Å². The molecule has 1 unspecified atom stereocenters. The predicted molar refractivity (Wildman–Crippen MR) is 107 cm³/mol. The number of carbonyl (C=O) groups is 1. The Labute approximate surface area is 168 Å². The van der Waals surface area contributed by atoms with E-state index in [4.69, 9.17) is 16.3 Å². The first kappa shape index (κ1) is 20.1. The van der Waals surface area contributed by atoms with Crippen LogP contribution < -0.4 is 5.32 Å². The molecule has 1 atom stereocenters. The minimum atomic E-state index is -0.281. The van der Waals surface area contributed by atoms with Crippen LogP contribution in [-0.4, -0.2) is 49.4 Å². The van der Waals surface area contributed by atoms with Gasteiger partial charge in [-0.15, -0.1) is 11.8 Å².